The van der Waals surface area contributed by atoms with Gasteiger partial charge in [0.05, 0.1) is 0 Å². The van der Waals surface area contributed by atoms with E-state index >= 15 is 0 Å². The summed E-state index contributed by atoms with van der Waals surface area (Å²) in [7, 11) is 0. The highest BCUT2D eigenvalue weighted by molar-refractivity contribution is 6.30. The maximum absolute atomic E-state index is 13.1. The molecule has 0 bridgehead atoms. The van der Waals surface area contributed by atoms with Gasteiger partial charge in [0.25, 0.3) is 5.91 Å². The van der Waals surface area contributed by atoms with Crippen LogP contribution in [0.25, 0.3) is 11.3 Å². The summed E-state index contributed by atoms with van der Waals surface area (Å²) < 4.78 is 18.2. The number of aromatic nitrogens is 1. The molecule has 0 saturated heterocycles. The van der Waals surface area contributed by atoms with Gasteiger partial charge in [-0.1, -0.05) is 16.8 Å². The Morgan fingerprint density at radius 3 is 2.43 bits per heavy atom. The third kappa shape index (κ3) is 3.24. The van der Waals surface area contributed by atoms with Crippen LogP contribution in [0.1, 0.15) is 16.1 Å². The Hall–Kier alpha value is -2.66. The van der Waals surface area contributed by atoms with Crippen LogP contribution in [-0.2, 0) is 0 Å². The molecular weight excluding hydrogens is 319 g/mol. The van der Waals surface area contributed by atoms with E-state index in [2.05, 4.69) is 10.5 Å². The summed E-state index contributed by atoms with van der Waals surface area (Å²) in [5, 5.41) is 7.26. The summed E-state index contributed by atoms with van der Waals surface area (Å²) in [4.78, 5) is 12.5. The monoisotopic (exact) mass is 330 g/mol. The Morgan fingerprint density at radius 2 is 1.78 bits per heavy atom. The number of carbonyl (C=O) groups is 1. The van der Waals surface area contributed by atoms with Crippen LogP contribution in [0, 0.1) is 12.7 Å². The molecule has 1 heterocycles. The number of nitrogens with zero attached hydrogens (tertiary/aromatic N) is 1. The summed E-state index contributed by atoms with van der Waals surface area (Å²) in [6, 6.07) is 12.5. The summed E-state index contributed by atoms with van der Waals surface area (Å²) in [5.74, 6) is -0.331. The Labute approximate surface area is 136 Å². The summed E-state index contributed by atoms with van der Waals surface area (Å²) in [6.45, 7) is 1.65. The van der Waals surface area contributed by atoms with Crippen LogP contribution in [0.15, 0.2) is 53.1 Å². The van der Waals surface area contributed by atoms with E-state index < -0.39 is 0 Å². The van der Waals surface area contributed by atoms with Gasteiger partial charge >= 0.3 is 0 Å². The van der Waals surface area contributed by atoms with Crippen LogP contribution in [0.2, 0.25) is 5.02 Å². The fraction of sp³-hybridized carbons (Fsp3) is 0.0588. The maximum atomic E-state index is 13.1. The topological polar surface area (TPSA) is 55.1 Å². The highest BCUT2D eigenvalue weighted by Gasteiger charge is 2.21. The summed E-state index contributed by atoms with van der Waals surface area (Å²) in [6.07, 6.45) is 0. The number of rotatable bonds is 3. The van der Waals surface area contributed by atoms with Crippen molar-refractivity contribution in [2.75, 3.05) is 5.32 Å². The fourth-order valence-corrected chi connectivity index (χ4v) is 2.30. The largest absolute Gasteiger partial charge is 0.360 e. The summed E-state index contributed by atoms with van der Waals surface area (Å²) >= 11 is 5.82. The van der Waals surface area contributed by atoms with Gasteiger partial charge in [0.2, 0.25) is 0 Å². The van der Waals surface area contributed by atoms with Gasteiger partial charge in [-0.3, -0.25) is 4.79 Å². The molecule has 3 aromatic rings. The number of carbonyl (C=O) groups excluding carboxylic acids is 1. The van der Waals surface area contributed by atoms with Crippen molar-refractivity contribution in [3.8, 4) is 11.3 Å². The molecule has 1 N–H and O–H groups in total. The predicted octanol–water partition coefficient (Wildman–Crippen LogP) is 4.69. The molecule has 0 atom stereocenters. The third-order valence-corrected chi connectivity index (χ3v) is 3.56. The van der Waals surface area contributed by atoms with Gasteiger partial charge in [0, 0.05) is 16.3 Å². The van der Waals surface area contributed by atoms with Crippen LogP contribution in [-0.4, -0.2) is 11.1 Å². The van der Waals surface area contributed by atoms with Crippen molar-refractivity contribution in [1.29, 1.82) is 0 Å². The Balaban J connectivity index is 1.93. The number of anilines is 1. The molecule has 2 aromatic carbocycles. The first-order valence-corrected chi connectivity index (χ1v) is 7.21. The first-order valence-electron chi connectivity index (χ1n) is 6.84. The minimum absolute atomic E-state index is 0.312. The van der Waals surface area contributed by atoms with E-state index in [0.717, 1.165) is 0 Å². The lowest BCUT2D eigenvalue weighted by Gasteiger charge is -2.06. The first-order chi connectivity index (χ1) is 11.0. The molecule has 0 unspecified atom stereocenters. The highest BCUT2D eigenvalue weighted by atomic mass is 35.5. The number of hydrogen-bond donors (Lipinski definition) is 1. The Kier molecular flexibility index (Phi) is 4.12. The molecular formula is C17H12ClFN2O2. The molecule has 3 rings (SSSR count). The van der Waals surface area contributed by atoms with Crippen molar-refractivity contribution in [3.63, 3.8) is 0 Å². The van der Waals surface area contributed by atoms with Crippen molar-refractivity contribution < 1.29 is 13.7 Å². The molecule has 4 nitrogen and oxygen atoms in total. The average molecular weight is 331 g/mol. The van der Waals surface area contributed by atoms with Gasteiger partial charge in [-0.2, -0.15) is 0 Å². The first kappa shape index (κ1) is 15.2. The van der Waals surface area contributed by atoms with Crippen LogP contribution in [0.5, 0.6) is 0 Å². The van der Waals surface area contributed by atoms with Crippen molar-refractivity contribution >= 4 is 23.2 Å². The zero-order valence-electron chi connectivity index (χ0n) is 12.1. The summed E-state index contributed by atoms with van der Waals surface area (Å²) in [5.41, 5.74) is 1.88. The lowest BCUT2D eigenvalue weighted by Crippen LogP contribution is -2.13. The molecule has 23 heavy (non-hydrogen) atoms. The zero-order valence-corrected chi connectivity index (χ0v) is 12.9. The lowest BCUT2D eigenvalue weighted by atomic mass is 10.1. The van der Waals surface area contributed by atoms with Crippen molar-refractivity contribution in [1.82, 2.24) is 5.16 Å². The van der Waals surface area contributed by atoms with Crippen molar-refractivity contribution in [3.05, 3.63) is 70.7 Å². The second-order valence-corrected chi connectivity index (χ2v) is 5.37. The second-order valence-electron chi connectivity index (χ2n) is 4.93. The van der Waals surface area contributed by atoms with E-state index in [1.807, 2.05) is 0 Å². The molecule has 1 amide bonds. The number of nitrogens with one attached hydrogen (secondary N) is 1. The van der Waals surface area contributed by atoms with Gasteiger partial charge in [0.15, 0.2) is 0 Å². The molecule has 0 fully saturated rings. The zero-order chi connectivity index (χ0) is 16.4. The van der Waals surface area contributed by atoms with Crippen LogP contribution < -0.4 is 5.32 Å². The quantitative estimate of drug-likeness (QED) is 0.757. The molecule has 0 aliphatic carbocycles. The average Bonchev–Trinajstić information content (AvgIpc) is 2.92. The van der Waals surface area contributed by atoms with Crippen LogP contribution >= 0.6 is 11.6 Å². The normalized spacial score (nSPS) is 10.6. The molecule has 6 heteroatoms. The second kappa shape index (κ2) is 6.22. The predicted molar refractivity (Wildman–Crippen MR) is 86.0 cm³/mol. The van der Waals surface area contributed by atoms with Gasteiger partial charge in [-0.25, -0.2) is 4.39 Å². The van der Waals surface area contributed by atoms with E-state index in [1.165, 1.54) is 12.1 Å². The maximum Gasteiger partial charge on any atom is 0.261 e. The van der Waals surface area contributed by atoms with E-state index in [4.69, 9.17) is 16.1 Å². The van der Waals surface area contributed by atoms with Crippen LogP contribution in [0.4, 0.5) is 10.1 Å². The van der Waals surface area contributed by atoms with E-state index in [1.54, 1.807) is 43.3 Å². The highest BCUT2D eigenvalue weighted by Crippen LogP contribution is 2.26. The number of aryl methyl sites for hydroxylation is 1. The van der Waals surface area contributed by atoms with Crippen molar-refractivity contribution in [2.45, 2.75) is 6.92 Å². The van der Waals surface area contributed by atoms with E-state index in [0.29, 0.717) is 33.3 Å². The number of amides is 1. The minimum atomic E-state index is -0.360. The molecule has 0 saturated carbocycles. The standard InChI is InChI=1S/C17H12ClFN2O2/c1-10-15(17(22)20-14-8-4-12(18)5-9-14)16(21-23-10)11-2-6-13(19)7-3-11/h2-9H,1H3,(H,20,22). The number of halogens is 2. The smallest absolute Gasteiger partial charge is 0.261 e. The molecule has 0 aliphatic heterocycles. The van der Waals surface area contributed by atoms with Gasteiger partial charge in [0.1, 0.15) is 22.8 Å². The SMILES string of the molecule is Cc1onc(-c2ccc(F)cc2)c1C(=O)Nc1ccc(Cl)cc1. The minimum Gasteiger partial charge on any atom is -0.360 e. The number of hydrogen-bond acceptors (Lipinski definition) is 3. The molecule has 0 spiro atoms. The van der Waals surface area contributed by atoms with E-state index in [9.17, 15) is 9.18 Å². The Morgan fingerprint density at radius 1 is 1.13 bits per heavy atom. The Bertz CT molecular complexity index is 842. The molecule has 1 aromatic heterocycles. The van der Waals surface area contributed by atoms with Gasteiger partial charge in [-0.05, 0) is 55.5 Å². The molecule has 0 aliphatic rings. The van der Waals surface area contributed by atoms with Crippen LogP contribution in [0.3, 0.4) is 0 Å². The lowest BCUT2D eigenvalue weighted by molar-refractivity contribution is 0.102. The van der Waals surface area contributed by atoms with Gasteiger partial charge in [-0.15, -0.1) is 0 Å². The molecule has 116 valence electrons. The fourth-order valence-electron chi connectivity index (χ4n) is 2.17. The third-order valence-electron chi connectivity index (χ3n) is 3.31. The van der Waals surface area contributed by atoms with E-state index in [-0.39, 0.29) is 11.7 Å². The molecule has 0 radical (unpaired) electrons. The number of benzene rings is 2. The van der Waals surface area contributed by atoms with Gasteiger partial charge < -0.3 is 9.84 Å². The van der Waals surface area contributed by atoms with Crippen molar-refractivity contribution in [2.24, 2.45) is 0 Å².